The minimum atomic E-state index is -4.65. The van der Waals surface area contributed by atoms with Crippen LogP contribution in [0.1, 0.15) is 0 Å². The maximum atomic E-state index is 11.5. The molecule has 0 amide bonds. The van der Waals surface area contributed by atoms with E-state index in [1.165, 1.54) is 30.5 Å². The average Bonchev–Trinajstić information content (AvgIpc) is 2.71. The third kappa shape index (κ3) is 5.69. The van der Waals surface area contributed by atoms with Gasteiger partial charge >= 0.3 is 0 Å². The summed E-state index contributed by atoms with van der Waals surface area (Å²) in [6, 6.07) is 7.50. The van der Waals surface area contributed by atoms with Crippen LogP contribution in [0, 0.1) is 0 Å². The van der Waals surface area contributed by atoms with Gasteiger partial charge in [0.05, 0.1) is 32.9 Å². The standard InChI is InChI=1S/C17H16N4O9S3/c1-32(24)28-13-6-9(18)2-3-11(13)20-21-17-15-8(5-14(16(17)19)31-30-29-23)4-10(7-12(15)22)33(25,26)27/h2-7,22-23H,18-19H2,1H3,(H,25,26,27). The second-order valence-electron chi connectivity index (χ2n) is 6.29. The fraction of sp³-hybridized carbons (Fsp3) is 0.0588. The van der Waals surface area contributed by atoms with Gasteiger partial charge in [-0.05, 0) is 29.7 Å². The molecule has 3 aromatic carbocycles. The van der Waals surface area contributed by atoms with E-state index in [2.05, 4.69) is 19.6 Å². The Balaban J connectivity index is 2.25. The molecule has 176 valence electrons. The molecular weight excluding hydrogens is 500 g/mol. The highest BCUT2D eigenvalue weighted by Crippen LogP contribution is 2.45. The lowest BCUT2D eigenvalue weighted by Gasteiger charge is -2.12. The Bertz CT molecular complexity index is 1380. The minimum Gasteiger partial charge on any atom is -0.507 e. The first-order valence-electron chi connectivity index (χ1n) is 8.55. The minimum absolute atomic E-state index is 0.00472. The lowest BCUT2D eigenvalue weighted by molar-refractivity contribution is -0.432. The third-order valence-electron chi connectivity index (χ3n) is 4.07. The van der Waals surface area contributed by atoms with Gasteiger partial charge in [0, 0.05) is 24.1 Å². The van der Waals surface area contributed by atoms with Gasteiger partial charge in [-0.2, -0.15) is 8.42 Å². The SMILES string of the molecule is CS(=O)Oc1cc(N)ccc1N=Nc1c(N)c(SOOO)cc2cc(S(=O)(=O)O)cc(O)c12. The molecule has 0 aromatic heterocycles. The van der Waals surface area contributed by atoms with Crippen molar-refractivity contribution in [3.63, 3.8) is 0 Å². The number of fused-ring (bicyclic) bond motifs is 1. The summed E-state index contributed by atoms with van der Waals surface area (Å²) in [7, 11) is -4.65. The predicted octanol–water partition coefficient (Wildman–Crippen LogP) is 3.47. The van der Waals surface area contributed by atoms with Crippen LogP contribution in [0.5, 0.6) is 11.5 Å². The maximum Gasteiger partial charge on any atom is 0.294 e. The molecular formula is C17H16N4O9S3. The number of phenolic OH excluding ortho intramolecular Hbond substituents is 1. The molecule has 0 aliphatic heterocycles. The first-order valence-corrected chi connectivity index (χ1v) is 12.2. The number of nitrogens with zero attached hydrogens (tertiary/aromatic N) is 2. The van der Waals surface area contributed by atoms with Crippen molar-refractivity contribution in [3.8, 4) is 11.5 Å². The molecule has 3 aromatic rings. The highest BCUT2D eigenvalue weighted by Gasteiger charge is 2.20. The molecule has 7 N–H and O–H groups in total. The largest absolute Gasteiger partial charge is 0.507 e. The van der Waals surface area contributed by atoms with Crippen LogP contribution in [0.2, 0.25) is 0 Å². The van der Waals surface area contributed by atoms with Crippen LogP contribution in [0.3, 0.4) is 0 Å². The number of anilines is 2. The number of hydrogen-bond donors (Lipinski definition) is 5. The lowest BCUT2D eigenvalue weighted by Crippen LogP contribution is -1.99. The molecule has 13 nitrogen and oxygen atoms in total. The Morgan fingerprint density at radius 2 is 1.85 bits per heavy atom. The molecule has 0 spiro atoms. The Kier molecular flexibility index (Phi) is 7.38. The van der Waals surface area contributed by atoms with Crippen molar-refractivity contribution in [2.45, 2.75) is 9.79 Å². The van der Waals surface area contributed by atoms with Gasteiger partial charge < -0.3 is 20.8 Å². The number of rotatable bonds is 8. The van der Waals surface area contributed by atoms with Crippen LogP contribution < -0.4 is 15.7 Å². The molecule has 0 radical (unpaired) electrons. The fourth-order valence-corrected chi connectivity index (χ4v) is 4.14. The summed E-state index contributed by atoms with van der Waals surface area (Å²) in [6.07, 6.45) is 1.30. The number of benzene rings is 3. The quantitative estimate of drug-likeness (QED) is 0.0726. The van der Waals surface area contributed by atoms with E-state index in [1.807, 2.05) is 0 Å². The second-order valence-corrected chi connectivity index (χ2v) is 9.42. The van der Waals surface area contributed by atoms with E-state index in [0.29, 0.717) is 17.7 Å². The van der Waals surface area contributed by atoms with Gasteiger partial charge in [-0.15, -0.1) is 14.6 Å². The van der Waals surface area contributed by atoms with Crippen molar-refractivity contribution >= 4 is 66.8 Å². The lowest BCUT2D eigenvalue weighted by atomic mass is 10.1. The van der Waals surface area contributed by atoms with Gasteiger partial charge in [0.15, 0.2) is 5.75 Å². The van der Waals surface area contributed by atoms with Crippen LogP contribution in [-0.4, -0.2) is 33.8 Å². The number of nitrogen functional groups attached to an aromatic ring is 2. The van der Waals surface area contributed by atoms with Gasteiger partial charge in [-0.3, -0.25) is 4.55 Å². The van der Waals surface area contributed by atoms with Crippen LogP contribution in [0.15, 0.2) is 56.4 Å². The van der Waals surface area contributed by atoms with E-state index in [9.17, 15) is 22.3 Å². The van der Waals surface area contributed by atoms with Gasteiger partial charge in [0.2, 0.25) is 11.1 Å². The molecule has 0 saturated carbocycles. The molecule has 16 heteroatoms. The van der Waals surface area contributed by atoms with Gasteiger partial charge in [0.1, 0.15) is 17.1 Å². The van der Waals surface area contributed by atoms with Crippen molar-refractivity contribution in [1.29, 1.82) is 0 Å². The monoisotopic (exact) mass is 516 g/mol. The van der Waals surface area contributed by atoms with Crippen LogP contribution in [0.25, 0.3) is 10.8 Å². The molecule has 0 heterocycles. The Hall–Kier alpha value is -2.99. The van der Waals surface area contributed by atoms with Crippen molar-refractivity contribution in [2.75, 3.05) is 17.7 Å². The summed E-state index contributed by atoms with van der Waals surface area (Å²) >= 11 is -1.24. The van der Waals surface area contributed by atoms with Crippen molar-refractivity contribution in [3.05, 3.63) is 36.4 Å². The smallest absolute Gasteiger partial charge is 0.294 e. The molecule has 33 heavy (non-hydrogen) atoms. The number of hydrogen-bond acceptors (Lipinski definition) is 13. The number of phenols is 1. The Labute approximate surface area is 193 Å². The summed E-state index contributed by atoms with van der Waals surface area (Å²) in [5.41, 5.74) is 12.1. The van der Waals surface area contributed by atoms with Crippen molar-refractivity contribution in [1.82, 2.24) is 0 Å². The van der Waals surface area contributed by atoms with Gasteiger partial charge in [-0.25, -0.2) is 9.47 Å². The average molecular weight is 517 g/mol. The van der Waals surface area contributed by atoms with Crippen molar-refractivity contribution in [2.24, 2.45) is 10.2 Å². The van der Waals surface area contributed by atoms with E-state index in [4.69, 9.17) is 20.9 Å². The molecule has 0 aliphatic rings. The van der Waals surface area contributed by atoms with E-state index >= 15 is 0 Å². The molecule has 1 unspecified atom stereocenters. The first-order chi connectivity index (χ1) is 15.5. The highest BCUT2D eigenvalue weighted by molar-refractivity contribution is 7.94. The Morgan fingerprint density at radius 1 is 1.12 bits per heavy atom. The Morgan fingerprint density at radius 3 is 2.48 bits per heavy atom. The number of azo groups is 1. The zero-order valence-corrected chi connectivity index (χ0v) is 19.0. The van der Waals surface area contributed by atoms with E-state index in [0.717, 1.165) is 12.1 Å². The summed E-state index contributed by atoms with van der Waals surface area (Å²) in [6.45, 7) is 0. The predicted molar refractivity (Wildman–Crippen MR) is 120 cm³/mol. The van der Waals surface area contributed by atoms with Gasteiger partial charge in [0.25, 0.3) is 10.1 Å². The third-order valence-corrected chi connectivity index (χ3v) is 5.96. The highest BCUT2D eigenvalue weighted by atomic mass is 32.2. The van der Waals surface area contributed by atoms with E-state index in [-0.39, 0.29) is 38.5 Å². The van der Waals surface area contributed by atoms with Crippen LogP contribution >= 0.6 is 12.0 Å². The summed E-state index contributed by atoms with van der Waals surface area (Å²) < 4.78 is 53.5. The first kappa shape index (κ1) is 24.6. The maximum absolute atomic E-state index is 11.5. The summed E-state index contributed by atoms with van der Waals surface area (Å²) in [4.78, 5) is -0.490. The zero-order chi connectivity index (χ0) is 24.3. The zero-order valence-electron chi connectivity index (χ0n) is 16.5. The molecule has 0 fully saturated rings. The van der Waals surface area contributed by atoms with Crippen LogP contribution in [-0.2, 0) is 30.6 Å². The topological polar surface area (TPSA) is 216 Å². The normalized spacial score (nSPS) is 12.9. The molecule has 3 rings (SSSR count). The number of nitrogens with two attached hydrogens (primary N) is 2. The number of aromatic hydroxyl groups is 1. The molecule has 1 atom stereocenters. The molecule has 0 saturated heterocycles. The summed E-state index contributed by atoms with van der Waals surface area (Å²) in [5.74, 6) is -0.511. The molecule has 0 bridgehead atoms. The van der Waals surface area contributed by atoms with E-state index < -0.39 is 31.8 Å². The second kappa shape index (κ2) is 9.87. The van der Waals surface area contributed by atoms with E-state index in [1.54, 1.807) is 0 Å². The van der Waals surface area contributed by atoms with Gasteiger partial charge in [-0.1, -0.05) is 5.04 Å². The summed E-state index contributed by atoms with van der Waals surface area (Å²) in [5, 5.41) is 30.7. The fourth-order valence-electron chi connectivity index (χ4n) is 2.75. The van der Waals surface area contributed by atoms with Crippen LogP contribution in [0.4, 0.5) is 22.7 Å². The van der Waals surface area contributed by atoms with Crippen molar-refractivity contribution < 1.29 is 41.1 Å². The molecule has 0 aliphatic carbocycles.